The van der Waals surface area contributed by atoms with Gasteiger partial charge < -0.3 is 35.4 Å². The van der Waals surface area contributed by atoms with E-state index in [9.17, 15) is 32.0 Å². The standard InChI is InChI=1S/C54H66FN13O7S2/c1-32-33(2)63-64-48(32)62-49-39-27-44(77(73,74)54(4,5)6)43(28-40(39)58-31-59-49)75-26-25-65-21-23-66(24-22-65)45-15-12-37(29-57-45)52(71)67-19-16-35(17-20-67)46(61-50(70)34(3)56-7)53(72)68-18-8-9-42(68)51-60-41(30-76-51)47(69)36-10-13-38(55)14-11-36/h10-15,27-31,34-35,42,46,56H,8-9,16-26H2,1-7H3,(H,61,70)(H2,58,59,62,63,64)/t34-,42-,46?/m0/s1. The molecule has 3 aliphatic rings. The van der Waals surface area contributed by atoms with Crippen molar-refractivity contribution < 1.29 is 36.7 Å². The maximum atomic E-state index is 14.6. The molecule has 4 aromatic heterocycles. The third-order valence-corrected chi connectivity index (χ3v) is 18.5. The van der Waals surface area contributed by atoms with E-state index in [4.69, 9.17) is 9.72 Å². The maximum Gasteiger partial charge on any atom is 0.255 e. The van der Waals surface area contributed by atoms with Gasteiger partial charge >= 0.3 is 0 Å². The van der Waals surface area contributed by atoms with Crippen LogP contribution in [0.3, 0.4) is 0 Å². The van der Waals surface area contributed by atoms with E-state index in [1.165, 1.54) is 41.9 Å². The van der Waals surface area contributed by atoms with Crippen LogP contribution in [0, 0.1) is 25.6 Å². The Morgan fingerprint density at radius 2 is 1.64 bits per heavy atom. The summed E-state index contributed by atoms with van der Waals surface area (Å²) in [7, 11) is -2.18. The summed E-state index contributed by atoms with van der Waals surface area (Å²) in [5, 5.41) is 19.3. The lowest BCUT2D eigenvalue weighted by Gasteiger charge is -2.38. The highest BCUT2D eigenvalue weighted by molar-refractivity contribution is 7.92. The lowest BCUT2D eigenvalue weighted by atomic mass is 9.87. The highest BCUT2D eigenvalue weighted by Gasteiger charge is 2.42. The Kier molecular flexibility index (Phi) is 16.3. The van der Waals surface area contributed by atoms with Crippen molar-refractivity contribution in [3.05, 3.63) is 105 Å². The van der Waals surface area contributed by atoms with Crippen molar-refractivity contribution in [3.8, 4) is 5.75 Å². The van der Waals surface area contributed by atoms with Crippen LogP contribution in [0.25, 0.3) is 10.9 Å². The van der Waals surface area contributed by atoms with E-state index in [0.29, 0.717) is 110 Å². The molecule has 3 saturated heterocycles. The van der Waals surface area contributed by atoms with Crippen molar-refractivity contribution in [1.29, 1.82) is 0 Å². The number of aryl methyl sites for hydroxylation is 1. The van der Waals surface area contributed by atoms with Gasteiger partial charge in [-0.2, -0.15) is 5.10 Å². The number of amides is 3. The molecule has 9 rings (SSSR count). The molecule has 1 unspecified atom stereocenters. The Bertz CT molecular complexity index is 3240. The molecule has 0 spiro atoms. The maximum absolute atomic E-state index is 14.6. The molecular formula is C54H66FN13O7S2. The van der Waals surface area contributed by atoms with Crippen molar-refractivity contribution >= 4 is 73.0 Å². The zero-order valence-electron chi connectivity index (χ0n) is 44.4. The SMILES string of the molecule is CN[C@@H](C)C(=O)NC(C(=O)N1CCC[C@H]1c1nc(C(=O)c2ccc(F)cc2)cs1)C1CCN(C(=O)c2ccc(N3CCN(CCOc4cc5ncnc(Nc6n[nH]c(C)c6C)c5cc4S(=O)(=O)C(C)(C)C)CC3)nc2)CC1. The van der Waals surface area contributed by atoms with Crippen LogP contribution >= 0.6 is 11.3 Å². The number of pyridine rings is 1. The van der Waals surface area contributed by atoms with E-state index in [-0.39, 0.29) is 58.4 Å². The fraction of sp³-hybridized carbons (Fsp3) is 0.463. The van der Waals surface area contributed by atoms with Gasteiger partial charge in [-0.1, -0.05) is 0 Å². The van der Waals surface area contributed by atoms with Gasteiger partial charge in [-0.3, -0.25) is 29.2 Å². The molecule has 0 saturated carbocycles. The number of nitrogens with one attached hydrogen (secondary N) is 4. The van der Waals surface area contributed by atoms with Crippen molar-refractivity contribution in [2.24, 2.45) is 5.92 Å². The number of piperidine rings is 1. The number of hydrogen-bond donors (Lipinski definition) is 4. The van der Waals surface area contributed by atoms with Gasteiger partial charge in [0.2, 0.25) is 17.6 Å². The molecule has 77 heavy (non-hydrogen) atoms. The number of likely N-dealkylation sites (tertiary alicyclic amines) is 2. The first-order chi connectivity index (χ1) is 36.8. The van der Waals surface area contributed by atoms with E-state index >= 15 is 0 Å². The molecule has 3 aliphatic heterocycles. The number of likely N-dealkylation sites (N-methyl/N-ethyl adjacent to an activating group) is 1. The summed E-state index contributed by atoms with van der Waals surface area (Å²) in [5.41, 5.74) is 3.34. The largest absolute Gasteiger partial charge is 0.491 e. The number of aromatic nitrogens is 6. The molecular weight excluding hydrogens is 1030 g/mol. The van der Waals surface area contributed by atoms with Gasteiger partial charge in [0.25, 0.3) is 5.91 Å². The Morgan fingerprint density at radius 3 is 2.30 bits per heavy atom. The Morgan fingerprint density at radius 1 is 0.909 bits per heavy atom. The summed E-state index contributed by atoms with van der Waals surface area (Å²) in [6.45, 7) is 15.4. The number of aromatic amines is 1. The van der Waals surface area contributed by atoms with Crippen LogP contribution in [0.1, 0.15) is 102 Å². The number of halogens is 1. The molecule has 0 radical (unpaired) electrons. The molecule has 3 atom stereocenters. The number of carbonyl (C=O) groups is 4. The minimum atomic E-state index is -3.86. The number of carbonyl (C=O) groups excluding carboxylic acids is 4. The van der Waals surface area contributed by atoms with Crippen molar-refractivity contribution in [2.45, 2.75) is 95.0 Å². The van der Waals surface area contributed by atoms with Crippen molar-refractivity contribution in [3.63, 3.8) is 0 Å². The Balaban J connectivity index is 0.787. The monoisotopic (exact) mass is 1090 g/mol. The highest BCUT2D eigenvalue weighted by atomic mass is 32.2. The Hall–Kier alpha value is -6.95. The molecule has 7 heterocycles. The summed E-state index contributed by atoms with van der Waals surface area (Å²) in [4.78, 5) is 81.3. The molecule has 0 aliphatic carbocycles. The number of H-pyrrole nitrogens is 1. The summed E-state index contributed by atoms with van der Waals surface area (Å²) in [5.74, 6) is 0.288. The lowest BCUT2D eigenvalue weighted by molar-refractivity contribution is -0.139. The zero-order chi connectivity index (χ0) is 54.8. The highest BCUT2D eigenvalue weighted by Crippen LogP contribution is 2.39. The van der Waals surface area contributed by atoms with E-state index < -0.39 is 32.5 Å². The van der Waals surface area contributed by atoms with Gasteiger partial charge in [0.1, 0.15) is 57.8 Å². The first-order valence-electron chi connectivity index (χ1n) is 26.0. The second kappa shape index (κ2) is 22.9. The number of rotatable bonds is 17. The number of nitrogens with zero attached hydrogens (tertiary/aromatic N) is 9. The number of fused-ring (bicyclic) bond motifs is 1. The van der Waals surface area contributed by atoms with E-state index in [1.807, 2.05) is 19.9 Å². The van der Waals surface area contributed by atoms with Crippen LogP contribution in [-0.4, -0.2) is 160 Å². The molecule has 4 N–H and O–H groups in total. The normalized spacial score (nSPS) is 17.6. The molecule has 6 aromatic rings. The summed E-state index contributed by atoms with van der Waals surface area (Å²) in [6, 6.07) is 10.5. The van der Waals surface area contributed by atoms with Crippen LogP contribution < -0.4 is 25.6 Å². The minimum Gasteiger partial charge on any atom is -0.491 e. The predicted molar refractivity (Wildman–Crippen MR) is 291 cm³/mol. The van der Waals surface area contributed by atoms with Crippen LogP contribution in [-0.2, 0) is 19.4 Å². The van der Waals surface area contributed by atoms with Gasteiger partial charge in [0.05, 0.1) is 27.9 Å². The van der Waals surface area contributed by atoms with E-state index in [1.54, 1.807) is 74.3 Å². The van der Waals surface area contributed by atoms with Crippen LogP contribution in [0.4, 0.5) is 21.8 Å². The second-order valence-electron chi connectivity index (χ2n) is 20.9. The van der Waals surface area contributed by atoms with Gasteiger partial charge in [0.15, 0.2) is 15.7 Å². The minimum absolute atomic E-state index is 0.0614. The lowest BCUT2D eigenvalue weighted by Crippen LogP contribution is -2.57. The van der Waals surface area contributed by atoms with Crippen LogP contribution in [0.15, 0.2) is 71.3 Å². The second-order valence-corrected chi connectivity index (χ2v) is 24.5. The van der Waals surface area contributed by atoms with Gasteiger partial charge in [-0.25, -0.2) is 32.7 Å². The molecule has 3 fully saturated rings. The first-order valence-corrected chi connectivity index (χ1v) is 28.4. The number of benzene rings is 2. The van der Waals surface area contributed by atoms with Crippen LogP contribution in [0.2, 0.25) is 0 Å². The fourth-order valence-electron chi connectivity index (χ4n) is 9.89. The number of sulfone groups is 1. The molecule has 3 amide bonds. The fourth-order valence-corrected chi connectivity index (χ4v) is 12.1. The molecule has 23 heteroatoms. The summed E-state index contributed by atoms with van der Waals surface area (Å²) >= 11 is 1.30. The van der Waals surface area contributed by atoms with Crippen molar-refractivity contribution in [1.82, 2.24) is 55.5 Å². The average molecular weight is 1090 g/mol. The number of thiazole rings is 1. The number of hydrogen-bond acceptors (Lipinski definition) is 17. The third-order valence-electron chi connectivity index (χ3n) is 15.0. The number of anilines is 3. The van der Waals surface area contributed by atoms with E-state index in [0.717, 1.165) is 23.5 Å². The Labute approximate surface area is 451 Å². The molecule has 0 bridgehead atoms. The molecule has 2 aromatic carbocycles. The van der Waals surface area contributed by atoms with Gasteiger partial charge in [-0.15, -0.1) is 11.3 Å². The van der Waals surface area contributed by atoms with Gasteiger partial charge in [-0.05, 0) is 123 Å². The average Bonchev–Trinajstić information content (AvgIpc) is 4.24. The zero-order valence-corrected chi connectivity index (χ0v) is 46.1. The summed E-state index contributed by atoms with van der Waals surface area (Å²) in [6.07, 6.45) is 5.38. The molecule has 408 valence electrons. The molecule has 20 nitrogen and oxygen atoms in total. The van der Waals surface area contributed by atoms with Gasteiger partial charge in [0, 0.05) is 92.2 Å². The number of ether oxygens (including phenoxy) is 1. The predicted octanol–water partition coefficient (Wildman–Crippen LogP) is 6.02. The first kappa shape index (κ1) is 54.8. The third kappa shape index (κ3) is 11.8. The van der Waals surface area contributed by atoms with E-state index in [2.05, 4.69) is 50.9 Å². The topological polar surface area (TPSA) is 241 Å². The number of ketones is 1. The van der Waals surface area contributed by atoms with Crippen LogP contribution in [0.5, 0.6) is 5.75 Å². The van der Waals surface area contributed by atoms with Crippen molar-refractivity contribution in [2.75, 3.05) is 76.2 Å². The quantitative estimate of drug-likeness (QED) is 0.0764. The number of piperazine rings is 1. The summed E-state index contributed by atoms with van der Waals surface area (Å²) < 4.78 is 46.8. The smallest absolute Gasteiger partial charge is 0.255 e.